The third-order valence-electron chi connectivity index (χ3n) is 10.7. The molecule has 0 saturated carbocycles. The maximum Gasteiger partial charge on any atom is 0.0998 e. The first kappa shape index (κ1) is 29.4. The summed E-state index contributed by atoms with van der Waals surface area (Å²) < 4.78 is 0. The monoisotopic (exact) mass is 655 g/mol. The zero-order valence-electron chi connectivity index (χ0n) is 27.8. The van der Waals surface area contributed by atoms with Crippen LogP contribution in [0.15, 0.2) is 152 Å². The van der Waals surface area contributed by atoms with E-state index in [9.17, 15) is 15.8 Å². The van der Waals surface area contributed by atoms with Crippen LogP contribution in [0.25, 0.3) is 98.7 Å². The molecular weight excluding hydrogens is 631 g/mol. The molecule has 52 heavy (non-hydrogen) atoms. The Morgan fingerprint density at radius 3 is 1.44 bits per heavy atom. The summed E-state index contributed by atoms with van der Waals surface area (Å²) in [5, 5.41) is 38.7. The van der Waals surface area contributed by atoms with Crippen molar-refractivity contribution in [2.45, 2.75) is 0 Å². The second-order valence-corrected chi connectivity index (χ2v) is 13.3. The normalized spacial score (nSPS) is 11.4. The minimum atomic E-state index is 0.630. The standard InChI is InChI=1S/C49H25N3/c50-26-29-16-18-30(19-17-29)35-20-21-40-45-25-46-42(34-11-4-2-9-32(34)28-52)23-43-37-13-6-5-12-36(37)41(33-10-3-1-8-31(33)27-51)22-47(43)48(46)24-44(45)39-15-7-14-38(35)49(39)40/h1-25H. The van der Waals surface area contributed by atoms with Gasteiger partial charge in [0.1, 0.15) is 0 Å². The number of nitriles is 3. The summed E-state index contributed by atoms with van der Waals surface area (Å²) >= 11 is 0. The van der Waals surface area contributed by atoms with Gasteiger partial charge >= 0.3 is 0 Å². The largest absolute Gasteiger partial charge is 0.192 e. The van der Waals surface area contributed by atoms with Crippen molar-refractivity contribution in [3.63, 3.8) is 0 Å². The number of fused-ring (bicyclic) bond motifs is 8. The smallest absolute Gasteiger partial charge is 0.0998 e. The highest BCUT2D eigenvalue weighted by Gasteiger charge is 2.26. The molecule has 9 aromatic carbocycles. The molecule has 0 heterocycles. The SMILES string of the molecule is N#Cc1ccc(-c2ccc3c4c(cccc24)-c2cc4c(cc2-3)c(-c2ccccc2C#N)cc2c3ccccc3c(-c3ccccc3C#N)cc42)cc1. The molecule has 236 valence electrons. The Morgan fingerprint density at radius 1 is 0.288 bits per heavy atom. The Balaban J connectivity index is 1.34. The van der Waals surface area contributed by atoms with E-state index in [1.165, 1.54) is 27.5 Å². The second kappa shape index (κ2) is 11.3. The summed E-state index contributed by atoms with van der Waals surface area (Å²) in [6, 6.07) is 59.1. The summed E-state index contributed by atoms with van der Waals surface area (Å²) in [4.78, 5) is 0. The topological polar surface area (TPSA) is 71.4 Å². The first-order valence-electron chi connectivity index (χ1n) is 17.2. The van der Waals surface area contributed by atoms with Crippen LogP contribution in [0.1, 0.15) is 16.7 Å². The Morgan fingerprint density at radius 2 is 0.769 bits per heavy atom. The van der Waals surface area contributed by atoms with Crippen LogP contribution in [0.3, 0.4) is 0 Å². The van der Waals surface area contributed by atoms with Gasteiger partial charge in [0.2, 0.25) is 0 Å². The summed E-state index contributed by atoms with van der Waals surface area (Å²) in [7, 11) is 0. The molecule has 0 spiro atoms. The predicted octanol–water partition coefficient (Wildman–Crippen LogP) is 12.6. The second-order valence-electron chi connectivity index (χ2n) is 13.3. The average molecular weight is 656 g/mol. The number of nitrogens with zero attached hydrogens (tertiary/aromatic N) is 3. The van der Waals surface area contributed by atoms with E-state index in [4.69, 9.17) is 0 Å². The van der Waals surface area contributed by atoms with E-state index >= 15 is 0 Å². The molecule has 0 unspecified atom stereocenters. The van der Waals surface area contributed by atoms with Gasteiger partial charge in [-0.15, -0.1) is 0 Å². The zero-order valence-corrected chi connectivity index (χ0v) is 27.8. The van der Waals surface area contributed by atoms with E-state index in [1.807, 2.05) is 72.8 Å². The van der Waals surface area contributed by atoms with Crippen LogP contribution < -0.4 is 0 Å². The minimum absolute atomic E-state index is 0.630. The van der Waals surface area contributed by atoms with Crippen LogP contribution in [0, 0.1) is 34.0 Å². The van der Waals surface area contributed by atoms with Crippen LogP contribution in [0.4, 0.5) is 0 Å². The lowest BCUT2D eigenvalue weighted by molar-refractivity contribution is 1.48. The molecule has 3 nitrogen and oxygen atoms in total. The molecule has 0 aromatic heterocycles. The van der Waals surface area contributed by atoms with E-state index in [1.54, 1.807) is 0 Å². The van der Waals surface area contributed by atoms with Gasteiger partial charge in [-0.05, 0) is 136 Å². The molecule has 9 aromatic rings. The molecule has 0 N–H and O–H groups in total. The molecule has 0 fully saturated rings. The van der Waals surface area contributed by atoms with Crippen molar-refractivity contribution < 1.29 is 0 Å². The lowest BCUT2D eigenvalue weighted by Crippen LogP contribution is -1.92. The van der Waals surface area contributed by atoms with E-state index in [-0.39, 0.29) is 0 Å². The summed E-state index contributed by atoms with van der Waals surface area (Å²) in [6.45, 7) is 0. The summed E-state index contributed by atoms with van der Waals surface area (Å²) in [6.07, 6.45) is 0. The number of benzene rings is 9. The lowest BCUT2D eigenvalue weighted by atomic mass is 9.85. The highest BCUT2D eigenvalue weighted by molar-refractivity contribution is 6.27. The van der Waals surface area contributed by atoms with Gasteiger partial charge in [-0.2, -0.15) is 15.8 Å². The fourth-order valence-electron chi connectivity index (χ4n) is 8.40. The van der Waals surface area contributed by atoms with Crippen LogP contribution in [0.5, 0.6) is 0 Å². The average Bonchev–Trinajstić information content (AvgIpc) is 3.53. The van der Waals surface area contributed by atoms with Gasteiger partial charge in [0.15, 0.2) is 0 Å². The molecular formula is C49H25N3. The van der Waals surface area contributed by atoms with Gasteiger partial charge in [0.05, 0.1) is 34.9 Å². The maximum absolute atomic E-state index is 10.3. The number of hydrogen-bond acceptors (Lipinski definition) is 3. The molecule has 10 rings (SSSR count). The third kappa shape index (κ3) is 4.17. The molecule has 1 aliphatic rings. The fourth-order valence-corrected chi connectivity index (χ4v) is 8.40. The van der Waals surface area contributed by atoms with Crippen molar-refractivity contribution in [3.05, 3.63) is 168 Å². The van der Waals surface area contributed by atoms with Gasteiger partial charge in [-0.25, -0.2) is 0 Å². The van der Waals surface area contributed by atoms with E-state index in [0.717, 1.165) is 71.3 Å². The Hall–Kier alpha value is -7.51. The Bertz CT molecular complexity index is 3150. The minimum Gasteiger partial charge on any atom is -0.192 e. The van der Waals surface area contributed by atoms with Crippen molar-refractivity contribution in [2.75, 3.05) is 0 Å². The molecule has 0 atom stereocenters. The van der Waals surface area contributed by atoms with Gasteiger partial charge < -0.3 is 0 Å². The van der Waals surface area contributed by atoms with Crippen LogP contribution >= 0.6 is 0 Å². The van der Waals surface area contributed by atoms with Crippen molar-refractivity contribution >= 4 is 43.1 Å². The molecule has 1 aliphatic carbocycles. The fraction of sp³-hybridized carbons (Fsp3) is 0. The van der Waals surface area contributed by atoms with Crippen molar-refractivity contribution in [1.29, 1.82) is 15.8 Å². The van der Waals surface area contributed by atoms with Gasteiger partial charge in [-0.1, -0.05) is 103 Å². The summed E-state index contributed by atoms with van der Waals surface area (Å²) in [5.41, 5.74) is 12.6. The van der Waals surface area contributed by atoms with Crippen LogP contribution in [-0.2, 0) is 0 Å². The first-order chi connectivity index (χ1) is 25.7. The lowest BCUT2D eigenvalue weighted by Gasteiger charge is -2.18. The highest BCUT2D eigenvalue weighted by Crippen LogP contribution is 2.53. The summed E-state index contributed by atoms with van der Waals surface area (Å²) in [5.74, 6) is 0. The third-order valence-corrected chi connectivity index (χ3v) is 10.7. The number of hydrogen-bond donors (Lipinski definition) is 0. The first-order valence-corrected chi connectivity index (χ1v) is 17.2. The molecule has 0 bridgehead atoms. The van der Waals surface area contributed by atoms with Gasteiger partial charge in [0, 0.05) is 11.1 Å². The maximum atomic E-state index is 10.3. The molecule has 3 heteroatoms. The van der Waals surface area contributed by atoms with Crippen molar-refractivity contribution in [3.8, 4) is 73.8 Å². The Labute approximate surface area is 300 Å². The predicted molar refractivity (Wildman–Crippen MR) is 211 cm³/mol. The van der Waals surface area contributed by atoms with Crippen LogP contribution in [0.2, 0.25) is 0 Å². The zero-order chi connectivity index (χ0) is 34.9. The highest BCUT2D eigenvalue weighted by atomic mass is 14.3. The van der Waals surface area contributed by atoms with Crippen LogP contribution in [-0.4, -0.2) is 0 Å². The van der Waals surface area contributed by atoms with Gasteiger partial charge in [0.25, 0.3) is 0 Å². The van der Waals surface area contributed by atoms with E-state index in [0.29, 0.717) is 16.7 Å². The van der Waals surface area contributed by atoms with Crippen molar-refractivity contribution in [2.24, 2.45) is 0 Å². The van der Waals surface area contributed by atoms with Gasteiger partial charge in [-0.3, -0.25) is 0 Å². The quantitative estimate of drug-likeness (QED) is 0.178. The molecule has 0 aliphatic heterocycles. The van der Waals surface area contributed by atoms with E-state index in [2.05, 4.69) is 97.1 Å². The molecule has 0 amide bonds. The van der Waals surface area contributed by atoms with Crippen molar-refractivity contribution in [1.82, 2.24) is 0 Å². The Kier molecular flexibility index (Phi) is 6.37. The van der Waals surface area contributed by atoms with E-state index < -0.39 is 0 Å². The number of rotatable bonds is 3. The molecule has 0 saturated heterocycles. The molecule has 0 radical (unpaired) electrons.